The number of unbranched alkanes of at least 4 members (excludes halogenated alkanes) is 3. The molecule has 0 fully saturated rings. The fourth-order valence-corrected chi connectivity index (χ4v) is 1.39. The van der Waals surface area contributed by atoms with Crippen molar-refractivity contribution >= 4 is 5.97 Å². The van der Waals surface area contributed by atoms with Gasteiger partial charge in [0, 0.05) is 7.11 Å². The highest BCUT2D eigenvalue weighted by atomic mass is 16.7. The number of hydrogen-bond donors (Lipinski definition) is 1. The van der Waals surface area contributed by atoms with Crippen LogP contribution >= 0.6 is 0 Å². The van der Waals surface area contributed by atoms with Gasteiger partial charge in [0.2, 0.25) is 0 Å². The molecule has 4 nitrogen and oxygen atoms in total. The number of carboxylic acid groups (broad SMARTS) is 1. The van der Waals surface area contributed by atoms with Crippen LogP contribution < -0.4 is 0 Å². The summed E-state index contributed by atoms with van der Waals surface area (Å²) in [5.41, 5.74) is 3.10. The van der Waals surface area contributed by atoms with Gasteiger partial charge in [-0.1, -0.05) is 13.3 Å². The van der Waals surface area contributed by atoms with E-state index < -0.39 is 12.1 Å². The van der Waals surface area contributed by atoms with Gasteiger partial charge in [0.1, 0.15) is 6.79 Å². The van der Waals surface area contributed by atoms with Crippen LogP contribution in [0.5, 0.6) is 0 Å². The highest BCUT2D eigenvalue weighted by Gasteiger charge is 2.16. The lowest BCUT2D eigenvalue weighted by molar-refractivity contribution is -0.159. The zero-order valence-corrected chi connectivity index (χ0v) is 11.4. The fourth-order valence-electron chi connectivity index (χ4n) is 1.39. The van der Waals surface area contributed by atoms with Crippen molar-refractivity contribution < 1.29 is 19.4 Å². The van der Waals surface area contributed by atoms with Crippen molar-refractivity contribution in [3.8, 4) is 0 Å². The molecule has 0 saturated carbocycles. The summed E-state index contributed by atoms with van der Waals surface area (Å²) in [5.74, 6) is -0.936. The van der Waals surface area contributed by atoms with E-state index in [0.717, 1.165) is 19.3 Å². The first kappa shape index (κ1) is 16.9. The molecule has 0 aromatic heterocycles. The van der Waals surface area contributed by atoms with Gasteiger partial charge < -0.3 is 14.6 Å². The molecule has 0 aromatic carbocycles. The molecule has 0 saturated heterocycles. The Balaban J connectivity index is 3.72. The minimum absolute atomic E-state index is 0.0176. The molecule has 0 amide bonds. The molecular weight excluding hydrogens is 232 g/mol. The Morgan fingerprint density at radius 2 is 2.00 bits per heavy atom. The number of hydrogen-bond acceptors (Lipinski definition) is 3. The summed E-state index contributed by atoms with van der Waals surface area (Å²) in [6, 6.07) is 0. The molecule has 0 aliphatic carbocycles. The molecule has 0 bridgehead atoms. The minimum atomic E-state index is -0.936. The van der Waals surface area contributed by atoms with Gasteiger partial charge >= 0.3 is 5.97 Å². The molecule has 0 rings (SSSR count). The predicted octanol–water partition coefficient (Wildman–Crippen LogP) is 3.13. The van der Waals surface area contributed by atoms with Crippen LogP contribution in [0.1, 0.15) is 45.4 Å². The summed E-state index contributed by atoms with van der Waals surface area (Å²) in [6.45, 7) is 2.17. The molecule has 1 atom stereocenters. The van der Waals surface area contributed by atoms with Crippen molar-refractivity contribution in [1.29, 1.82) is 0 Å². The van der Waals surface area contributed by atoms with Gasteiger partial charge in [0.05, 0.1) is 0 Å². The zero-order chi connectivity index (χ0) is 13.6. The van der Waals surface area contributed by atoms with Crippen molar-refractivity contribution in [3.05, 3.63) is 17.9 Å². The van der Waals surface area contributed by atoms with Crippen molar-refractivity contribution in [2.24, 2.45) is 0 Å². The molecule has 1 N–H and O–H groups in total. The number of rotatable bonds is 11. The van der Waals surface area contributed by atoms with Gasteiger partial charge in [-0.3, -0.25) is 0 Å². The standard InChI is InChI=1S/C14H24O4/c1-3-4-5-6-7-8-9-10-11-13(14(15)16)18-12-17-2/h6,8,13H,3-5,9-12H2,1-2H3,(H,15,16). The van der Waals surface area contributed by atoms with Crippen LogP contribution in [0.25, 0.3) is 0 Å². The molecule has 0 radical (unpaired) electrons. The maximum atomic E-state index is 10.8. The number of aliphatic carboxylic acids is 1. The summed E-state index contributed by atoms with van der Waals surface area (Å²) in [5, 5.41) is 8.89. The van der Waals surface area contributed by atoms with E-state index in [1.165, 1.54) is 20.0 Å². The van der Waals surface area contributed by atoms with Crippen molar-refractivity contribution in [2.75, 3.05) is 13.9 Å². The quantitative estimate of drug-likeness (QED) is 0.350. The Hall–Kier alpha value is -1.09. The lowest BCUT2D eigenvalue weighted by atomic mass is 10.1. The summed E-state index contributed by atoms with van der Waals surface area (Å²) in [7, 11) is 1.47. The lowest BCUT2D eigenvalue weighted by Crippen LogP contribution is -2.24. The second kappa shape index (κ2) is 12.4. The third-order valence-electron chi connectivity index (χ3n) is 2.42. The molecule has 0 aliphatic heterocycles. The average Bonchev–Trinajstić information content (AvgIpc) is 2.35. The summed E-state index contributed by atoms with van der Waals surface area (Å²) in [6.07, 6.45) is 8.72. The Kier molecular flexibility index (Phi) is 11.6. The zero-order valence-electron chi connectivity index (χ0n) is 11.4. The van der Waals surface area contributed by atoms with Gasteiger partial charge in [-0.15, -0.1) is 5.73 Å². The van der Waals surface area contributed by atoms with E-state index in [9.17, 15) is 4.79 Å². The predicted molar refractivity (Wildman–Crippen MR) is 70.4 cm³/mol. The lowest BCUT2D eigenvalue weighted by Gasteiger charge is -2.11. The molecule has 0 aliphatic rings. The normalized spacial score (nSPS) is 11.7. The first-order valence-corrected chi connectivity index (χ1v) is 6.45. The van der Waals surface area contributed by atoms with E-state index in [-0.39, 0.29) is 6.79 Å². The van der Waals surface area contributed by atoms with Gasteiger partial charge in [0.15, 0.2) is 6.10 Å². The van der Waals surface area contributed by atoms with Crippen LogP contribution in [-0.2, 0) is 14.3 Å². The Morgan fingerprint density at radius 3 is 2.56 bits per heavy atom. The number of carboxylic acids is 1. The number of ether oxygens (including phenoxy) is 2. The van der Waals surface area contributed by atoms with E-state index in [4.69, 9.17) is 14.6 Å². The Bertz CT molecular complexity index is 267. The summed E-state index contributed by atoms with van der Waals surface area (Å²) >= 11 is 0. The van der Waals surface area contributed by atoms with Crippen LogP contribution in [-0.4, -0.2) is 31.1 Å². The smallest absolute Gasteiger partial charge is 0.332 e. The van der Waals surface area contributed by atoms with Crippen LogP contribution in [0, 0.1) is 0 Å². The second-order valence-electron chi connectivity index (χ2n) is 4.05. The maximum Gasteiger partial charge on any atom is 0.332 e. The first-order chi connectivity index (χ1) is 8.72. The third kappa shape index (κ3) is 10.1. The molecular formula is C14H24O4. The van der Waals surface area contributed by atoms with Gasteiger partial charge in [-0.25, -0.2) is 4.79 Å². The molecule has 18 heavy (non-hydrogen) atoms. The summed E-state index contributed by atoms with van der Waals surface area (Å²) < 4.78 is 9.74. The van der Waals surface area contributed by atoms with Crippen LogP contribution in [0.2, 0.25) is 0 Å². The van der Waals surface area contributed by atoms with Crippen molar-refractivity contribution in [3.63, 3.8) is 0 Å². The molecule has 0 aromatic rings. The van der Waals surface area contributed by atoms with Crippen molar-refractivity contribution in [1.82, 2.24) is 0 Å². The maximum absolute atomic E-state index is 10.8. The highest BCUT2D eigenvalue weighted by Crippen LogP contribution is 2.06. The SMILES string of the molecule is CCCCC=C=CCCCC(OCOC)C(=O)O. The monoisotopic (exact) mass is 256 g/mol. The van der Waals surface area contributed by atoms with E-state index in [0.29, 0.717) is 6.42 Å². The van der Waals surface area contributed by atoms with Gasteiger partial charge in [0.25, 0.3) is 0 Å². The van der Waals surface area contributed by atoms with Crippen molar-refractivity contribution in [2.45, 2.75) is 51.6 Å². The second-order valence-corrected chi connectivity index (χ2v) is 4.05. The van der Waals surface area contributed by atoms with Gasteiger partial charge in [-0.05, 0) is 44.3 Å². The minimum Gasteiger partial charge on any atom is -0.479 e. The fraction of sp³-hybridized carbons (Fsp3) is 0.714. The molecule has 0 spiro atoms. The van der Waals surface area contributed by atoms with E-state index >= 15 is 0 Å². The van der Waals surface area contributed by atoms with E-state index in [1.807, 2.05) is 12.2 Å². The molecule has 104 valence electrons. The first-order valence-electron chi connectivity index (χ1n) is 6.45. The summed E-state index contributed by atoms with van der Waals surface area (Å²) in [4.78, 5) is 10.8. The highest BCUT2D eigenvalue weighted by molar-refractivity contribution is 5.72. The Labute approximate surface area is 109 Å². The number of methoxy groups -OCH3 is 1. The average molecular weight is 256 g/mol. The third-order valence-corrected chi connectivity index (χ3v) is 2.42. The molecule has 1 unspecified atom stereocenters. The number of carbonyl (C=O) groups is 1. The number of allylic oxidation sites excluding steroid dienone is 1. The van der Waals surface area contributed by atoms with E-state index in [1.54, 1.807) is 0 Å². The van der Waals surface area contributed by atoms with E-state index in [2.05, 4.69) is 12.7 Å². The van der Waals surface area contributed by atoms with Crippen LogP contribution in [0.4, 0.5) is 0 Å². The topological polar surface area (TPSA) is 55.8 Å². The molecule has 0 heterocycles. The van der Waals surface area contributed by atoms with Gasteiger partial charge in [-0.2, -0.15) is 0 Å². The van der Waals surface area contributed by atoms with Crippen LogP contribution in [0.15, 0.2) is 17.9 Å². The Morgan fingerprint density at radius 1 is 1.33 bits per heavy atom. The van der Waals surface area contributed by atoms with Crippen LogP contribution in [0.3, 0.4) is 0 Å². The molecule has 4 heteroatoms. The largest absolute Gasteiger partial charge is 0.479 e.